The first-order valence-corrected chi connectivity index (χ1v) is 9.31. The van der Waals surface area contributed by atoms with Gasteiger partial charge in [-0.1, -0.05) is 4.31 Å². The zero-order valence-corrected chi connectivity index (χ0v) is 14.6. The molecular formula is C18H22FN4OS+. The molecule has 2 atom stereocenters. The fraction of sp³-hybridized carbons (Fsp3) is 0.278. The predicted octanol–water partition coefficient (Wildman–Crippen LogP) is 3.35. The molecule has 0 bridgehead atoms. The Kier molecular flexibility index (Phi) is 5.57. The number of rotatable bonds is 5. The van der Waals surface area contributed by atoms with Crippen molar-refractivity contribution >= 4 is 29.0 Å². The van der Waals surface area contributed by atoms with E-state index in [1.165, 1.54) is 18.3 Å². The number of hydrogen-bond donors (Lipinski definition) is 4. The number of hydrogen-bond acceptors (Lipinski definition) is 5. The van der Waals surface area contributed by atoms with Crippen LogP contribution in [0, 0.1) is 11.2 Å². The van der Waals surface area contributed by atoms with Gasteiger partial charge in [-0.15, -0.1) is 0 Å². The minimum atomic E-state index is -1.05. The van der Waals surface area contributed by atoms with Crippen molar-refractivity contribution in [3.8, 4) is 0 Å². The van der Waals surface area contributed by atoms with Crippen molar-refractivity contribution in [2.24, 2.45) is 0 Å². The van der Waals surface area contributed by atoms with Gasteiger partial charge < -0.3 is 16.5 Å². The second-order valence-electron chi connectivity index (χ2n) is 6.08. The van der Waals surface area contributed by atoms with Crippen LogP contribution in [-0.2, 0) is 11.4 Å². The maximum absolute atomic E-state index is 13.1. The Hall–Kier alpha value is -2.09. The van der Waals surface area contributed by atoms with Gasteiger partial charge in [-0.2, -0.15) is 4.55 Å². The Morgan fingerprint density at radius 2 is 2.04 bits per heavy atom. The van der Waals surface area contributed by atoms with Crippen molar-refractivity contribution < 1.29 is 8.94 Å². The first-order chi connectivity index (χ1) is 12.1. The number of benzene rings is 2. The maximum Gasteiger partial charge on any atom is 0.278 e. The number of nitrogens with two attached hydrogens (primary N) is 1. The molecule has 5 nitrogen and oxygen atoms in total. The number of piperidine rings is 1. The highest BCUT2D eigenvalue weighted by atomic mass is 32.2. The lowest BCUT2D eigenvalue weighted by molar-refractivity contribution is 0.330. The van der Waals surface area contributed by atoms with Crippen LogP contribution in [0.25, 0.3) is 0 Å². The van der Waals surface area contributed by atoms with E-state index in [-0.39, 0.29) is 11.9 Å². The lowest BCUT2D eigenvalue weighted by Crippen LogP contribution is -2.44. The van der Waals surface area contributed by atoms with Crippen LogP contribution in [0.2, 0.25) is 0 Å². The average Bonchev–Trinajstić information content (AvgIpc) is 2.63. The third-order valence-corrected chi connectivity index (χ3v) is 5.78. The van der Waals surface area contributed by atoms with Gasteiger partial charge >= 0.3 is 0 Å². The Balaban J connectivity index is 1.66. The molecule has 1 fully saturated rings. The van der Waals surface area contributed by atoms with E-state index < -0.39 is 11.4 Å². The van der Waals surface area contributed by atoms with Crippen molar-refractivity contribution in [3.05, 3.63) is 53.8 Å². The van der Waals surface area contributed by atoms with E-state index in [4.69, 9.17) is 11.1 Å². The predicted molar refractivity (Wildman–Crippen MR) is 102 cm³/mol. The number of halogens is 1. The highest BCUT2D eigenvalue weighted by molar-refractivity contribution is 7.89. The maximum atomic E-state index is 13.1. The average molecular weight is 361 g/mol. The van der Waals surface area contributed by atoms with E-state index in [1.807, 2.05) is 16.4 Å². The van der Waals surface area contributed by atoms with Crippen LogP contribution < -0.4 is 11.1 Å². The zero-order chi connectivity index (χ0) is 17.8. The monoisotopic (exact) mass is 361 g/mol. The largest absolute Gasteiger partial charge is 0.398 e. The van der Waals surface area contributed by atoms with Gasteiger partial charge in [-0.3, -0.25) is 0 Å². The fourth-order valence-corrected chi connectivity index (χ4v) is 4.25. The molecule has 0 aromatic heterocycles. The first kappa shape index (κ1) is 17.7. The van der Waals surface area contributed by atoms with Gasteiger partial charge in [0.1, 0.15) is 5.82 Å². The lowest BCUT2D eigenvalue weighted by Gasteiger charge is -2.29. The molecule has 1 heterocycles. The third kappa shape index (κ3) is 4.31. The second kappa shape index (κ2) is 7.86. The molecule has 1 saturated heterocycles. The summed E-state index contributed by atoms with van der Waals surface area (Å²) in [6.45, 7) is 1.50. The minimum Gasteiger partial charge on any atom is -0.398 e. The molecule has 7 heteroatoms. The van der Waals surface area contributed by atoms with Crippen LogP contribution in [0.1, 0.15) is 18.4 Å². The van der Waals surface area contributed by atoms with E-state index in [0.29, 0.717) is 17.8 Å². The van der Waals surface area contributed by atoms with Gasteiger partial charge in [-0.05, 0) is 43.2 Å². The van der Waals surface area contributed by atoms with Crippen molar-refractivity contribution in [2.45, 2.75) is 23.8 Å². The van der Waals surface area contributed by atoms with E-state index >= 15 is 0 Å². The Morgan fingerprint density at radius 3 is 2.76 bits per heavy atom. The molecule has 1 aliphatic heterocycles. The van der Waals surface area contributed by atoms with Crippen LogP contribution in [-0.4, -0.2) is 34.2 Å². The molecule has 0 radical (unpaired) electrons. The molecular weight excluding hydrogens is 339 g/mol. The van der Waals surface area contributed by atoms with Gasteiger partial charge in [0.05, 0.1) is 6.54 Å². The molecule has 0 amide bonds. The van der Waals surface area contributed by atoms with Crippen molar-refractivity contribution in [1.82, 2.24) is 4.31 Å². The minimum absolute atomic E-state index is 0.193. The molecule has 2 aromatic rings. The van der Waals surface area contributed by atoms with Crippen LogP contribution in [0.5, 0.6) is 0 Å². The van der Waals surface area contributed by atoms with E-state index in [9.17, 15) is 8.94 Å². The van der Waals surface area contributed by atoms with Crippen molar-refractivity contribution in [1.29, 1.82) is 5.41 Å². The third-order valence-electron chi connectivity index (χ3n) is 4.27. The van der Waals surface area contributed by atoms with Gasteiger partial charge in [0.15, 0.2) is 0 Å². The number of nitrogens with zero attached hydrogens (tertiary/aromatic N) is 1. The smallest absolute Gasteiger partial charge is 0.278 e. The molecule has 25 heavy (non-hydrogen) atoms. The number of nitrogen functional groups attached to an aromatic ring is 1. The summed E-state index contributed by atoms with van der Waals surface area (Å²) < 4.78 is 25.7. The van der Waals surface area contributed by atoms with Gasteiger partial charge in [0, 0.05) is 47.9 Å². The van der Waals surface area contributed by atoms with Gasteiger partial charge in [0.2, 0.25) is 4.90 Å². The standard InChI is InChI=1S/C18H22FN4OS/c19-14-3-6-17(7-4-14)25(24)23-9-1-2-16(12-23)22-15-5-8-18(21)13(10-15)11-20/h3-8,10-11,16,20,22,24H,1-2,9,12,21H2/q+1. The molecule has 0 spiro atoms. The summed E-state index contributed by atoms with van der Waals surface area (Å²) in [5, 5.41) is 10.9. The van der Waals surface area contributed by atoms with E-state index in [2.05, 4.69) is 5.32 Å². The van der Waals surface area contributed by atoms with Crippen molar-refractivity contribution in [2.75, 3.05) is 24.1 Å². The van der Waals surface area contributed by atoms with Crippen molar-refractivity contribution in [3.63, 3.8) is 0 Å². The molecule has 3 rings (SSSR count). The van der Waals surface area contributed by atoms with Gasteiger partial charge in [0.25, 0.3) is 11.4 Å². The molecule has 1 aliphatic rings. The molecule has 5 N–H and O–H groups in total. The summed E-state index contributed by atoms with van der Waals surface area (Å²) in [7, 11) is 0. The highest BCUT2D eigenvalue weighted by Crippen LogP contribution is 2.24. The summed E-state index contributed by atoms with van der Waals surface area (Å²) in [6.07, 6.45) is 3.21. The summed E-state index contributed by atoms with van der Waals surface area (Å²) >= 11 is -1.05. The second-order valence-corrected chi connectivity index (χ2v) is 7.59. The number of anilines is 2. The topological polar surface area (TPSA) is 85.4 Å². The summed E-state index contributed by atoms with van der Waals surface area (Å²) in [5.41, 5.74) is 8.01. The Bertz CT molecular complexity index is 740. The Labute approximate surface area is 149 Å². The van der Waals surface area contributed by atoms with Crippen LogP contribution in [0.4, 0.5) is 15.8 Å². The summed E-state index contributed by atoms with van der Waals surface area (Å²) in [6, 6.07) is 11.8. The SMILES string of the molecule is N=Cc1cc(NC2CCCN([S+](O)c3ccc(F)cc3)C2)ccc1N. The molecule has 0 saturated carbocycles. The quantitative estimate of drug-likeness (QED) is 0.374. The summed E-state index contributed by atoms with van der Waals surface area (Å²) in [4.78, 5) is 0.723. The zero-order valence-electron chi connectivity index (χ0n) is 13.8. The highest BCUT2D eigenvalue weighted by Gasteiger charge is 2.35. The fourth-order valence-electron chi connectivity index (χ4n) is 2.95. The van der Waals surface area contributed by atoms with Crippen LogP contribution in [0.15, 0.2) is 47.4 Å². The van der Waals surface area contributed by atoms with E-state index in [0.717, 1.165) is 30.0 Å². The normalized spacial score (nSPS) is 19.4. The van der Waals surface area contributed by atoms with E-state index in [1.54, 1.807) is 18.2 Å². The molecule has 2 unspecified atom stereocenters. The van der Waals surface area contributed by atoms with Crippen LogP contribution >= 0.6 is 0 Å². The van der Waals surface area contributed by atoms with Gasteiger partial charge in [-0.25, -0.2) is 4.39 Å². The molecule has 2 aromatic carbocycles. The Morgan fingerprint density at radius 1 is 1.28 bits per heavy atom. The molecule has 0 aliphatic carbocycles. The lowest BCUT2D eigenvalue weighted by atomic mass is 10.1. The number of nitrogens with one attached hydrogen (secondary N) is 2. The molecule has 132 valence electrons. The summed E-state index contributed by atoms with van der Waals surface area (Å²) in [5.74, 6) is -0.302. The first-order valence-electron chi connectivity index (χ1n) is 8.17. The van der Waals surface area contributed by atoms with Crippen LogP contribution in [0.3, 0.4) is 0 Å².